The first kappa shape index (κ1) is 22.7. The van der Waals surface area contributed by atoms with Crippen molar-refractivity contribution in [2.24, 2.45) is 7.05 Å². The number of fused-ring (bicyclic) bond motifs is 2. The number of hydrogen-bond donors (Lipinski definition) is 1. The summed E-state index contributed by atoms with van der Waals surface area (Å²) in [5.41, 5.74) is 4.41. The van der Waals surface area contributed by atoms with Gasteiger partial charge in [0, 0.05) is 32.4 Å². The number of carbonyl (C=O) groups is 1. The fourth-order valence-electron chi connectivity index (χ4n) is 4.63. The van der Waals surface area contributed by atoms with E-state index in [0.29, 0.717) is 42.8 Å². The largest absolute Gasteiger partial charge is 0.484 e. The molecule has 35 heavy (non-hydrogen) atoms. The molecule has 1 aliphatic rings. The molecular weight excluding hydrogens is 444 g/mol. The number of rotatable bonds is 6. The highest BCUT2D eigenvalue weighted by Gasteiger charge is 2.20. The van der Waals surface area contributed by atoms with Gasteiger partial charge in [-0.15, -0.1) is 0 Å². The lowest BCUT2D eigenvalue weighted by Gasteiger charge is -2.28. The van der Waals surface area contributed by atoms with Gasteiger partial charge in [-0.25, -0.2) is 4.79 Å². The predicted molar refractivity (Wildman–Crippen MR) is 135 cm³/mol. The number of nitrogens with zero attached hydrogens (tertiary/aromatic N) is 3. The second kappa shape index (κ2) is 9.29. The van der Waals surface area contributed by atoms with E-state index in [2.05, 4.69) is 17.1 Å². The zero-order valence-corrected chi connectivity index (χ0v) is 19.9. The van der Waals surface area contributed by atoms with Gasteiger partial charge in [-0.2, -0.15) is 0 Å². The lowest BCUT2D eigenvalue weighted by molar-refractivity contribution is -0.134. The molecule has 0 spiro atoms. The topological polar surface area (TPSA) is 89.3 Å². The van der Waals surface area contributed by atoms with Crippen LogP contribution < -0.4 is 16.0 Å². The summed E-state index contributed by atoms with van der Waals surface area (Å²) in [5.74, 6) is 0.553. The van der Waals surface area contributed by atoms with E-state index in [4.69, 9.17) is 4.74 Å². The molecule has 0 radical (unpaired) electrons. The van der Waals surface area contributed by atoms with Crippen LogP contribution in [0.25, 0.3) is 22.3 Å². The van der Waals surface area contributed by atoms with Crippen LogP contribution in [0, 0.1) is 0 Å². The molecule has 0 fully saturated rings. The predicted octanol–water partition coefficient (Wildman–Crippen LogP) is 3.07. The quantitative estimate of drug-likeness (QED) is 0.467. The minimum absolute atomic E-state index is 0.0208. The minimum atomic E-state index is -0.319. The number of carbonyl (C=O) groups excluding carboxylic acids is 1. The van der Waals surface area contributed by atoms with Gasteiger partial charge in [0.1, 0.15) is 11.3 Å². The fourth-order valence-corrected chi connectivity index (χ4v) is 4.63. The minimum Gasteiger partial charge on any atom is -0.484 e. The standard InChI is InChI=1S/C27H28N4O4/c1-3-13-31-26(33)25-23(29(2)27(31)34)15-22(28-25)19-8-10-21(11-9-19)35-17-24(32)30-14-12-18-6-4-5-7-20(18)16-30/h4-11,15,28H,3,12-14,16-17H2,1-2H3. The first-order valence-corrected chi connectivity index (χ1v) is 11.9. The molecule has 8 nitrogen and oxygen atoms in total. The third-order valence-corrected chi connectivity index (χ3v) is 6.59. The number of hydrogen-bond acceptors (Lipinski definition) is 4. The van der Waals surface area contributed by atoms with Crippen molar-refractivity contribution in [3.63, 3.8) is 0 Å². The van der Waals surface area contributed by atoms with Gasteiger partial charge in [-0.1, -0.05) is 31.2 Å². The molecule has 8 heteroatoms. The molecule has 0 unspecified atom stereocenters. The Balaban J connectivity index is 1.29. The van der Waals surface area contributed by atoms with Crippen molar-refractivity contribution in [3.05, 3.63) is 86.6 Å². The molecule has 4 aromatic rings. The van der Waals surface area contributed by atoms with Gasteiger partial charge in [-0.05, 0) is 59.9 Å². The van der Waals surface area contributed by atoms with Crippen molar-refractivity contribution >= 4 is 16.9 Å². The molecule has 0 saturated heterocycles. The highest BCUT2D eigenvalue weighted by molar-refractivity contribution is 5.82. The van der Waals surface area contributed by atoms with E-state index in [-0.39, 0.29) is 23.8 Å². The highest BCUT2D eigenvalue weighted by Crippen LogP contribution is 2.24. The van der Waals surface area contributed by atoms with Gasteiger partial charge in [0.15, 0.2) is 6.61 Å². The zero-order valence-electron chi connectivity index (χ0n) is 19.9. The number of H-pyrrole nitrogens is 1. The molecule has 180 valence electrons. The van der Waals surface area contributed by atoms with Gasteiger partial charge < -0.3 is 14.6 Å². The lowest BCUT2D eigenvalue weighted by atomic mass is 10.00. The first-order chi connectivity index (χ1) is 17.0. The third-order valence-electron chi connectivity index (χ3n) is 6.59. The fraction of sp³-hybridized carbons (Fsp3) is 0.296. The maximum Gasteiger partial charge on any atom is 0.331 e. The van der Waals surface area contributed by atoms with Gasteiger partial charge in [0.05, 0.1) is 5.52 Å². The molecule has 1 N–H and O–H groups in total. The van der Waals surface area contributed by atoms with Crippen LogP contribution in [0.1, 0.15) is 24.5 Å². The second-order valence-electron chi connectivity index (χ2n) is 8.89. The summed E-state index contributed by atoms with van der Waals surface area (Å²) in [4.78, 5) is 43.0. The van der Waals surface area contributed by atoms with E-state index in [1.807, 2.05) is 42.2 Å². The summed E-state index contributed by atoms with van der Waals surface area (Å²) >= 11 is 0. The number of aryl methyl sites for hydroxylation is 1. The van der Waals surface area contributed by atoms with E-state index in [1.54, 1.807) is 19.2 Å². The Kier molecular flexibility index (Phi) is 6.03. The summed E-state index contributed by atoms with van der Waals surface area (Å²) in [7, 11) is 1.67. The van der Waals surface area contributed by atoms with E-state index < -0.39 is 0 Å². The van der Waals surface area contributed by atoms with Crippen LogP contribution in [0.2, 0.25) is 0 Å². The number of benzene rings is 2. The Bertz CT molecular complexity index is 1510. The van der Waals surface area contributed by atoms with Crippen molar-refractivity contribution in [1.29, 1.82) is 0 Å². The molecular formula is C27H28N4O4. The molecule has 2 aromatic heterocycles. The second-order valence-corrected chi connectivity index (χ2v) is 8.89. The molecule has 0 atom stereocenters. The molecule has 2 aromatic carbocycles. The smallest absolute Gasteiger partial charge is 0.331 e. The number of aromatic amines is 1. The molecule has 1 aliphatic heterocycles. The Labute approximate surface area is 202 Å². The Morgan fingerprint density at radius 1 is 1.06 bits per heavy atom. The Hall–Kier alpha value is -4.07. The van der Waals surface area contributed by atoms with Crippen LogP contribution >= 0.6 is 0 Å². The van der Waals surface area contributed by atoms with Crippen LogP contribution in [-0.4, -0.2) is 38.1 Å². The van der Waals surface area contributed by atoms with Crippen LogP contribution in [0.4, 0.5) is 0 Å². The van der Waals surface area contributed by atoms with Crippen molar-refractivity contribution in [2.75, 3.05) is 13.2 Å². The molecule has 0 aliphatic carbocycles. The average molecular weight is 473 g/mol. The van der Waals surface area contributed by atoms with Crippen molar-refractivity contribution in [3.8, 4) is 17.0 Å². The summed E-state index contributed by atoms with van der Waals surface area (Å²) < 4.78 is 8.51. The highest BCUT2D eigenvalue weighted by atomic mass is 16.5. The molecule has 5 rings (SSSR count). The van der Waals surface area contributed by atoms with E-state index in [1.165, 1.54) is 20.3 Å². The molecule has 3 heterocycles. The van der Waals surface area contributed by atoms with Crippen LogP contribution in [0.15, 0.2) is 64.2 Å². The number of nitrogens with one attached hydrogen (secondary N) is 1. The van der Waals surface area contributed by atoms with Crippen LogP contribution in [0.3, 0.4) is 0 Å². The Morgan fingerprint density at radius 3 is 2.54 bits per heavy atom. The monoisotopic (exact) mass is 472 g/mol. The molecule has 0 bridgehead atoms. The number of ether oxygens (including phenoxy) is 1. The molecule has 1 amide bonds. The normalized spacial score (nSPS) is 13.1. The third kappa shape index (κ3) is 4.27. The molecule has 0 saturated carbocycles. The van der Waals surface area contributed by atoms with Crippen molar-refractivity contribution < 1.29 is 9.53 Å². The zero-order chi connectivity index (χ0) is 24.5. The maximum atomic E-state index is 12.8. The van der Waals surface area contributed by atoms with Crippen LogP contribution in [-0.2, 0) is 31.4 Å². The summed E-state index contributed by atoms with van der Waals surface area (Å²) in [6.45, 7) is 3.59. The average Bonchev–Trinajstić information content (AvgIpc) is 3.34. The summed E-state index contributed by atoms with van der Waals surface area (Å²) in [6, 6.07) is 17.3. The maximum absolute atomic E-state index is 12.8. The lowest BCUT2D eigenvalue weighted by Crippen LogP contribution is -2.38. The summed E-state index contributed by atoms with van der Waals surface area (Å²) in [5, 5.41) is 0. The first-order valence-electron chi connectivity index (χ1n) is 11.9. The SMILES string of the molecule is CCCn1c(=O)c2[nH]c(-c3ccc(OCC(=O)N4CCc5ccccc5C4)cc3)cc2n(C)c1=O. The van der Waals surface area contributed by atoms with Gasteiger partial charge in [-0.3, -0.25) is 18.7 Å². The van der Waals surface area contributed by atoms with Crippen molar-refractivity contribution in [1.82, 2.24) is 19.0 Å². The summed E-state index contributed by atoms with van der Waals surface area (Å²) in [6.07, 6.45) is 1.56. The van der Waals surface area contributed by atoms with Gasteiger partial charge in [0.2, 0.25) is 0 Å². The van der Waals surface area contributed by atoms with E-state index in [0.717, 1.165) is 17.7 Å². The van der Waals surface area contributed by atoms with Crippen molar-refractivity contribution in [2.45, 2.75) is 32.9 Å². The number of aromatic nitrogens is 3. The Morgan fingerprint density at radius 2 is 1.80 bits per heavy atom. The number of amides is 1. The van der Waals surface area contributed by atoms with Crippen LogP contribution in [0.5, 0.6) is 5.75 Å². The van der Waals surface area contributed by atoms with E-state index in [9.17, 15) is 14.4 Å². The van der Waals surface area contributed by atoms with E-state index >= 15 is 0 Å². The van der Waals surface area contributed by atoms with Gasteiger partial charge >= 0.3 is 5.69 Å². The van der Waals surface area contributed by atoms with Gasteiger partial charge in [0.25, 0.3) is 11.5 Å².